The van der Waals surface area contributed by atoms with Crippen molar-refractivity contribution in [2.75, 3.05) is 33.2 Å². The van der Waals surface area contributed by atoms with E-state index >= 15 is 0 Å². The van der Waals surface area contributed by atoms with Crippen molar-refractivity contribution in [3.05, 3.63) is 35.6 Å². The van der Waals surface area contributed by atoms with Crippen LogP contribution in [0.2, 0.25) is 0 Å². The molecule has 0 radical (unpaired) electrons. The minimum Gasteiger partial charge on any atom is -0.328 e. The van der Waals surface area contributed by atoms with Gasteiger partial charge in [0, 0.05) is 25.2 Å². The molecule has 1 N–H and O–H groups in total. The molecule has 0 saturated carbocycles. The van der Waals surface area contributed by atoms with Crippen LogP contribution in [0.25, 0.3) is 0 Å². The molecular formula is C14H18FN3O. The number of nitrogens with zero attached hydrogens (tertiary/aromatic N) is 2. The number of likely N-dealkylation sites (N-methyl/N-ethyl adjacent to an activating group) is 1. The highest BCUT2D eigenvalue weighted by atomic mass is 19.1. The molecule has 4 nitrogen and oxygen atoms in total. The van der Waals surface area contributed by atoms with Gasteiger partial charge in [-0.15, -0.1) is 0 Å². The molecule has 1 aromatic carbocycles. The first-order valence-corrected chi connectivity index (χ1v) is 6.61. The van der Waals surface area contributed by atoms with Crippen LogP contribution in [0.4, 0.5) is 4.39 Å². The van der Waals surface area contributed by atoms with Gasteiger partial charge in [-0.1, -0.05) is 18.2 Å². The Morgan fingerprint density at radius 3 is 2.89 bits per heavy atom. The van der Waals surface area contributed by atoms with Gasteiger partial charge in [0.15, 0.2) is 0 Å². The lowest BCUT2D eigenvalue weighted by atomic mass is 9.97. The molecule has 1 aromatic rings. The van der Waals surface area contributed by atoms with Gasteiger partial charge >= 0.3 is 0 Å². The number of nitrogens with one attached hydrogen (secondary N) is 1. The number of carbonyl (C=O) groups is 1. The van der Waals surface area contributed by atoms with Crippen LogP contribution in [-0.2, 0) is 4.79 Å². The number of fused-ring (bicyclic) bond motifs is 1. The summed E-state index contributed by atoms with van der Waals surface area (Å²) in [6.45, 7) is 2.65. The fourth-order valence-corrected chi connectivity index (χ4v) is 3.13. The topological polar surface area (TPSA) is 35.6 Å². The fraction of sp³-hybridized carbons (Fsp3) is 0.500. The van der Waals surface area contributed by atoms with E-state index in [0.717, 1.165) is 13.1 Å². The van der Waals surface area contributed by atoms with Crippen molar-refractivity contribution in [3.8, 4) is 0 Å². The molecule has 0 spiro atoms. The maximum absolute atomic E-state index is 14.0. The van der Waals surface area contributed by atoms with Crippen LogP contribution < -0.4 is 5.32 Å². The number of piperazine rings is 2. The van der Waals surface area contributed by atoms with Crippen LogP contribution in [0.15, 0.2) is 24.3 Å². The van der Waals surface area contributed by atoms with Crippen LogP contribution in [0.3, 0.4) is 0 Å². The summed E-state index contributed by atoms with van der Waals surface area (Å²) in [7, 11) is 2.02. The second kappa shape index (κ2) is 4.90. The Hall–Kier alpha value is -1.46. The number of hydrogen-bond acceptors (Lipinski definition) is 3. The number of amides is 1. The second-order valence-electron chi connectivity index (χ2n) is 5.34. The summed E-state index contributed by atoms with van der Waals surface area (Å²) in [5.41, 5.74) is 0.620. The van der Waals surface area contributed by atoms with Crippen molar-refractivity contribution < 1.29 is 9.18 Å². The van der Waals surface area contributed by atoms with E-state index in [-0.39, 0.29) is 23.8 Å². The minimum atomic E-state index is -0.229. The predicted molar refractivity (Wildman–Crippen MR) is 70.1 cm³/mol. The Balaban J connectivity index is 1.97. The van der Waals surface area contributed by atoms with Crippen molar-refractivity contribution in [1.82, 2.24) is 15.1 Å². The van der Waals surface area contributed by atoms with Gasteiger partial charge in [-0.3, -0.25) is 4.79 Å². The molecule has 2 aliphatic rings. The SMILES string of the molecule is CN1CC2CNCC(=O)N2C(c2ccccc2F)C1. The van der Waals surface area contributed by atoms with E-state index in [4.69, 9.17) is 0 Å². The standard InChI is InChI=1S/C14H18FN3O/c1-17-8-10-6-16-7-14(19)18(10)13(9-17)11-4-2-3-5-12(11)15/h2-5,10,13,16H,6-9H2,1H3. The van der Waals surface area contributed by atoms with Crippen molar-refractivity contribution in [3.63, 3.8) is 0 Å². The molecule has 2 aliphatic heterocycles. The van der Waals surface area contributed by atoms with E-state index < -0.39 is 0 Å². The van der Waals surface area contributed by atoms with Gasteiger partial charge in [-0.05, 0) is 13.1 Å². The van der Waals surface area contributed by atoms with Crippen LogP contribution >= 0.6 is 0 Å². The first kappa shape index (κ1) is 12.6. The van der Waals surface area contributed by atoms with Crippen molar-refractivity contribution in [2.24, 2.45) is 0 Å². The zero-order valence-corrected chi connectivity index (χ0v) is 11.0. The average Bonchev–Trinajstić information content (AvgIpc) is 2.38. The Bertz CT molecular complexity index is 493. The molecule has 102 valence electrons. The largest absolute Gasteiger partial charge is 0.328 e. The molecule has 2 saturated heterocycles. The molecule has 3 rings (SSSR count). The average molecular weight is 263 g/mol. The molecule has 19 heavy (non-hydrogen) atoms. The highest BCUT2D eigenvalue weighted by Gasteiger charge is 2.39. The number of hydrogen-bond donors (Lipinski definition) is 1. The third-order valence-corrected chi connectivity index (χ3v) is 3.94. The summed E-state index contributed by atoms with van der Waals surface area (Å²) in [6.07, 6.45) is 0. The first-order chi connectivity index (χ1) is 9.16. The predicted octanol–water partition coefficient (Wildman–Crippen LogP) is 0.613. The van der Waals surface area contributed by atoms with E-state index in [0.29, 0.717) is 18.7 Å². The van der Waals surface area contributed by atoms with Crippen LogP contribution in [0.1, 0.15) is 11.6 Å². The van der Waals surface area contributed by atoms with Gasteiger partial charge in [0.2, 0.25) is 5.91 Å². The molecule has 2 fully saturated rings. The summed E-state index contributed by atoms with van der Waals surface area (Å²) in [6, 6.07) is 6.71. The van der Waals surface area contributed by atoms with Gasteiger partial charge < -0.3 is 15.1 Å². The molecule has 2 unspecified atom stereocenters. The fourth-order valence-electron chi connectivity index (χ4n) is 3.13. The lowest BCUT2D eigenvalue weighted by Crippen LogP contribution is -2.63. The maximum atomic E-state index is 14.0. The van der Waals surface area contributed by atoms with Crippen molar-refractivity contribution >= 4 is 5.91 Å². The first-order valence-electron chi connectivity index (χ1n) is 6.61. The van der Waals surface area contributed by atoms with E-state index in [2.05, 4.69) is 10.2 Å². The molecule has 2 atom stereocenters. The molecule has 0 aromatic heterocycles. The highest BCUT2D eigenvalue weighted by Crippen LogP contribution is 2.30. The lowest BCUT2D eigenvalue weighted by Gasteiger charge is -2.48. The summed E-state index contributed by atoms with van der Waals surface area (Å²) in [5.74, 6) is -0.162. The van der Waals surface area contributed by atoms with Gasteiger partial charge in [0.25, 0.3) is 0 Å². The van der Waals surface area contributed by atoms with Crippen molar-refractivity contribution in [1.29, 1.82) is 0 Å². The molecular weight excluding hydrogens is 245 g/mol. The van der Waals surface area contributed by atoms with Crippen molar-refractivity contribution in [2.45, 2.75) is 12.1 Å². The van der Waals surface area contributed by atoms with E-state index in [1.165, 1.54) is 6.07 Å². The summed E-state index contributed by atoms with van der Waals surface area (Å²) >= 11 is 0. The molecule has 2 heterocycles. The summed E-state index contributed by atoms with van der Waals surface area (Å²) < 4.78 is 14.0. The Kier molecular flexibility index (Phi) is 3.24. The second-order valence-corrected chi connectivity index (χ2v) is 5.34. The molecule has 0 bridgehead atoms. The van der Waals surface area contributed by atoms with Gasteiger partial charge in [-0.2, -0.15) is 0 Å². The lowest BCUT2D eigenvalue weighted by molar-refractivity contribution is -0.142. The zero-order chi connectivity index (χ0) is 13.4. The van der Waals surface area contributed by atoms with Gasteiger partial charge in [0.1, 0.15) is 5.82 Å². The third kappa shape index (κ3) is 2.24. The van der Waals surface area contributed by atoms with Crippen LogP contribution in [0.5, 0.6) is 0 Å². The number of halogens is 1. The molecule has 5 heteroatoms. The van der Waals surface area contributed by atoms with E-state index in [1.54, 1.807) is 12.1 Å². The molecule has 1 amide bonds. The Morgan fingerprint density at radius 1 is 1.32 bits per heavy atom. The number of benzene rings is 1. The van der Waals surface area contributed by atoms with Crippen LogP contribution in [0, 0.1) is 5.82 Å². The smallest absolute Gasteiger partial charge is 0.237 e. The summed E-state index contributed by atoms with van der Waals surface area (Å²) in [5, 5.41) is 3.13. The maximum Gasteiger partial charge on any atom is 0.237 e. The van der Waals surface area contributed by atoms with Gasteiger partial charge in [-0.25, -0.2) is 4.39 Å². The quantitative estimate of drug-likeness (QED) is 0.806. The van der Waals surface area contributed by atoms with Gasteiger partial charge in [0.05, 0.1) is 18.6 Å². The Labute approximate surface area is 112 Å². The molecule has 0 aliphatic carbocycles. The van der Waals surface area contributed by atoms with Crippen LogP contribution in [-0.4, -0.2) is 55.0 Å². The normalized spacial score (nSPS) is 28.3. The highest BCUT2D eigenvalue weighted by molar-refractivity contribution is 5.80. The zero-order valence-electron chi connectivity index (χ0n) is 11.0. The Morgan fingerprint density at radius 2 is 2.11 bits per heavy atom. The summed E-state index contributed by atoms with van der Waals surface area (Å²) in [4.78, 5) is 16.2. The monoisotopic (exact) mass is 263 g/mol. The third-order valence-electron chi connectivity index (χ3n) is 3.94. The number of rotatable bonds is 1. The minimum absolute atomic E-state index is 0.0672. The number of carbonyl (C=O) groups excluding carboxylic acids is 1. The van der Waals surface area contributed by atoms with E-state index in [9.17, 15) is 9.18 Å². The van der Waals surface area contributed by atoms with E-state index in [1.807, 2.05) is 18.0 Å².